The molecule has 2 N–H and O–H groups in total. The van der Waals surface area contributed by atoms with Crippen LogP contribution in [0.15, 0.2) is 33.6 Å². The molecule has 1 aliphatic rings. The lowest BCUT2D eigenvalue weighted by Gasteiger charge is -2.10. The minimum absolute atomic E-state index is 0. The molecule has 2 rings (SSSR count). The molecule has 1 fully saturated rings. The van der Waals surface area contributed by atoms with Crippen molar-refractivity contribution in [2.24, 2.45) is 0 Å². The summed E-state index contributed by atoms with van der Waals surface area (Å²) in [6.45, 7) is 0.201. The first-order valence-corrected chi connectivity index (χ1v) is 7.73. The van der Waals surface area contributed by atoms with Gasteiger partial charge in [0.25, 0.3) is 10.1 Å². The average Bonchev–Trinajstić information content (AvgIpc) is 2.77. The lowest BCUT2D eigenvalue weighted by molar-refractivity contribution is -0.139. The van der Waals surface area contributed by atoms with E-state index in [1.165, 1.54) is 12.1 Å². The highest BCUT2D eigenvalue weighted by Gasteiger charge is 2.33. The van der Waals surface area contributed by atoms with Crippen molar-refractivity contribution in [3.63, 3.8) is 0 Å². The standard InChI is InChI=1S/C11H12BrNO5S.ClH/c12-7-1-3-9(4-2-7)19(16,17)18-8-5-10(11(14)15)13-6-8;/h1-4,8,10,13H,5-6H2,(H,14,15);1H/t8-,10-;/m0./s1. The average molecular weight is 387 g/mol. The van der Waals surface area contributed by atoms with Crippen molar-refractivity contribution in [3.05, 3.63) is 28.7 Å². The zero-order valence-corrected chi connectivity index (χ0v) is 13.4. The fraction of sp³-hybridized carbons (Fsp3) is 0.364. The van der Waals surface area contributed by atoms with Gasteiger partial charge in [-0.25, -0.2) is 0 Å². The Balaban J connectivity index is 0.00000200. The number of nitrogens with one attached hydrogen (secondary N) is 1. The highest BCUT2D eigenvalue weighted by atomic mass is 79.9. The van der Waals surface area contributed by atoms with Crippen LogP contribution in [-0.4, -0.2) is 38.2 Å². The van der Waals surface area contributed by atoms with E-state index in [9.17, 15) is 13.2 Å². The molecule has 0 unspecified atom stereocenters. The van der Waals surface area contributed by atoms with Crippen LogP contribution in [-0.2, 0) is 19.1 Å². The van der Waals surface area contributed by atoms with Crippen LogP contribution in [0.4, 0.5) is 0 Å². The van der Waals surface area contributed by atoms with Crippen molar-refractivity contribution in [1.29, 1.82) is 0 Å². The van der Waals surface area contributed by atoms with Gasteiger partial charge >= 0.3 is 5.97 Å². The summed E-state index contributed by atoms with van der Waals surface area (Å²) in [7, 11) is -3.86. The summed E-state index contributed by atoms with van der Waals surface area (Å²) in [4.78, 5) is 10.8. The predicted octanol–water partition coefficient (Wildman–Crippen LogP) is 1.39. The van der Waals surface area contributed by atoms with E-state index < -0.39 is 28.2 Å². The highest BCUT2D eigenvalue weighted by molar-refractivity contribution is 9.10. The van der Waals surface area contributed by atoms with E-state index in [4.69, 9.17) is 9.29 Å². The summed E-state index contributed by atoms with van der Waals surface area (Å²) >= 11 is 3.21. The Morgan fingerprint density at radius 2 is 1.95 bits per heavy atom. The quantitative estimate of drug-likeness (QED) is 0.760. The van der Waals surface area contributed by atoms with Crippen molar-refractivity contribution in [2.75, 3.05) is 6.54 Å². The van der Waals surface area contributed by atoms with Gasteiger partial charge in [0.2, 0.25) is 0 Å². The van der Waals surface area contributed by atoms with Crippen LogP contribution in [0, 0.1) is 0 Å². The first-order chi connectivity index (χ1) is 8.88. The van der Waals surface area contributed by atoms with Gasteiger partial charge in [-0.05, 0) is 24.3 Å². The molecule has 9 heteroatoms. The molecule has 2 atom stereocenters. The fourth-order valence-corrected chi connectivity index (χ4v) is 3.15. The molecule has 20 heavy (non-hydrogen) atoms. The number of carbonyl (C=O) groups is 1. The largest absolute Gasteiger partial charge is 0.480 e. The summed E-state index contributed by atoms with van der Waals surface area (Å²) in [5.41, 5.74) is 0. The third-order valence-corrected chi connectivity index (χ3v) is 4.66. The number of hydrogen-bond donors (Lipinski definition) is 2. The molecular formula is C11H13BrClNO5S. The Kier molecular flexibility index (Phi) is 5.96. The van der Waals surface area contributed by atoms with E-state index in [0.717, 1.165) is 4.47 Å². The van der Waals surface area contributed by atoms with Crippen LogP contribution in [0.1, 0.15) is 6.42 Å². The molecule has 1 aromatic carbocycles. The van der Waals surface area contributed by atoms with Gasteiger partial charge in [-0.2, -0.15) is 8.42 Å². The second kappa shape index (κ2) is 6.86. The van der Waals surface area contributed by atoms with Crippen LogP contribution < -0.4 is 5.32 Å². The molecule has 0 radical (unpaired) electrons. The summed E-state index contributed by atoms with van der Waals surface area (Å²) in [6, 6.07) is 5.30. The Morgan fingerprint density at radius 1 is 1.35 bits per heavy atom. The Bertz CT molecular complexity index is 577. The maximum Gasteiger partial charge on any atom is 0.320 e. The first kappa shape index (κ1) is 17.4. The van der Waals surface area contributed by atoms with Gasteiger partial charge in [0.1, 0.15) is 6.04 Å². The minimum Gasteiger partial charge on any atom is -0.480 e. The van der Waals surface area contributed by atoms with Crippen LogP contribution in [0.25, 0.3) is 0 Å². The van der Waals surface area contributed by atoms with E-state index in [1.807, 2.05) is 0 Å². The van der Waals surface area contributed by atoms with Crippen molar-refractivity contribution >= 4 is 44.4 Å². The SMILES string of the molecule is Cl.O=C(O)[C@@H]1C[C@H](OS(=O)(=O)c2ccc(Br)cc2)CN1. The first-order valence-electron chi connectivity index (χ1n) is 5.53. The molecule has 0 aliphatic carbocycles. The fourth-order valence-electron chi connectivity index (χ4n) is 1.80. The number of rotatable bonds is 4. The van der Waals surface area contributed by atoms with Gasteiger partial charge in [-0.3, -0.25) is 8.98 Å². The molecule has 0 aromatic heterocycles. The molecule has 1 saturated heterocycles. The number of benzene rings is 1. The van der Waals surface area contributed by atoms with E-state index in [2.05, 4.69) is 21.2 Å². The molecule has 0 saturated carbocycles. The Labute approximate surface area is 131 Å². The monoisotopic (exact) mass is 385 g/mol. The van der Waals surface area contributed by atoms with Gasteiger partial charge < -0.3 is 10.4 Å². The molecule has 0 spiro atoms. The summed E-state index contributed by atoms with van der Waals surface area (Å²) < 4.78 is 29.7. The molecule has 1 aliphatic heterocycles. The second-order valence-electron chi connectivity index (χ2n) is 4.16. The molecule has 1 heterocycles. The van der Waals surface area contributed by atoms with Crippen LogP contribution in [0.2, 0.25) is 0 Å². The summed E-state index contributed by atoms with van der Waals surface area (Å²) in [5.74, 6) is -1.01. The zero-order valence-electron chi connectivity index (χ0n) is 10.2. The van der Waals surface area contributed by atoms with E-state index in [1.54, 1.807) is 12.1 Å². The Hall–Kier alpha value is -0.670. The van der Waals surface area contributed by atoms with Crippen LogP contribution in [0.5, 0.6) is 0 Å². The highest BCUT2D eigenvalue weighted by Crippen LogP contribution is 2.20. The molecule has 6 nitrogen and oxygen atoms in total. The lowest BCUT2D eigenvalue weighted by atomic mass is 10.2. The van der Waals surface area contributed by atoms with Gasteiger partial charge in [-0.15, -0.1) is 12.4 Å². The summed E-state index contributed by atoms with van der Waals surface area (Å²) in [5, 5.41) is 11.5. The Morgan fingerprint density at radius 3 is 2.45 bits per heavy atom. The summed E-state index contributed by atoms with van der Waals surface area (Å²) in [6.07, 6.45) is -0.528. The van der Waals surface area contributed by atoms with E-state index in [-0.39, 0.29) is 30.3 Å². The topological polar surface area (TPSA) is 92.7 Å². The van der Waals surface area contributed by atoms with Gasteiger partial charge in [-0.1, -0.05) is 15.9 Å². The van der Waals surface area contributed by atoms with Crippen molar-refractivity contribution in [2.45, 2.75) is 23.5 Å². The number of hydrogen-bond acceptors (Lipinski definition) is 5. The van der Waals surface area contributed by atoms with Gasteiger partial charge in [0, 0.05) is 17.4 Å². The maximum absolute atomic E-state index is 12.0. The van der Waals surface area contributed by atoms with E-state index in [0.29, 0.717) is 0 Å². The van der Waals surface area contributed by atoms with Crippen LogP contribution in [0.3, 0.4) is 0 Å². The number of carboxylic acid groups (broad SMARTS) is 1. The third-order valence-electron chi connectivity index (χ3n) is 2.75. The van der Waals surface area contributed by atoms with Crippen molar-refractivity contribution in [1.82, 2.24) is 5.32 Å². The normalized spacial score (nSPS) is 22.2. The molecular weight excluding hydrogens is 374 g/mol. The second-order valence-corrected chi connectivity index (χ2v) is 6.65. The van der Waals surface area contributed by atoms with E-state index >= 15 is 0 Å². The van der Waals surface area contributed by atoms with Crippen molar-refractivity contribution in [3.8, 4) is 0 Å². The molecule has 0 bridgehead atoms. The number of aliphatic carboxylic acids is 1. The van der Waals surface area contributed by atoms with Crippen LogP contribution >= 0.6 is 28.3 Å². The zero-order chi connectivity index (χ0) is 14.0. The molecule has 0 amide bonds. The third kappa shape index (κ3) is 4.16. The van der Waals surface area contributed by atoms with Crippen molar-refractivity contribution < 1.29 is 22.5 Å². The lowest BCUT2D eigenvalue weighted by Crippen LogP contribution is -2.30. The maximum atomic E-state index is 12.0. The molecule has 1 aromatic rings. The number of halogens is 2. The van der Waals surface area contributed by atoms with Gasteiger partial charge in [0.15, 0.2) is 0 Å². The predicted molar refractivity (Wildman–Crippen MR) is 77.5 cm³/mol. The van der Waals surface area contributed by atoms with Gasteiger partial charge in [0.05, 0.1) is 11.0 Å². The molecule has 112 valence electrons. The minimum atomic E-state index is -3.86. The number of carboxylic acids is 1. The smallest absolute Gasteiger partial charge is 0.320 e.